The smallest absolute Gasteiger partial charge is 0.322 e. The molecule has 1 fully saturated rings. The second kappa shape index (κ2) is 4.52. The number of carbonyl (C=O) groups excluding carboxylic acids is 1. The van der Waals surface area contributed by atoms with Gasteiger partial charge in [-0.1, -0.05) is 26.8 Å². The highest BCUT2D eigenvalue weighted by Crippen LogP contribution is 2.28. The van der Waals surface area contributed by atoms with Crippen molar-refractivity contribution in [2.24, 2.45) is 5.41 Å². The number of urea groups is 1. The maximum Gasteiger partial charge on any atom is 0.322 e. The van der Waals surface area contributed by atoms with Crippen molar-refractivity contribution in [1.29, 1.82) is 0 Å². The molecule has 4 nitrogen and oxygen atoms in total. The Labute approximate surface area is 108 Å². The van der Waals surface area contributed by atoms with E-state index in [2.05, 4.69) is 31.4 Å². The summed E-state index contributed by atoms with van der Waals surface area (Å²) in [5.74, 6) is 0. The van der Waals surface area contributed by atoms with Crippen LogP contribution in [0.2, 0.25) is 0 Å². The number of anilines is 2. The summed E-state index contributed by atoms with van der Waals surface area (Å²) >= 11 is 0. The molecule has 18 heavy (non-hydrogen) atoms. The summed E-state index contributed by atoms with van der Waals surface area (Å²) in [6.45, 7) is 7.15. The van der Waals surface area contributed by atoms with Crippen molar-refractivity contribution in [2.45, 2.75) is 26.8 Å². The SMILES string of the molecule is CNc1cccc(N2CC(C(C)(C)C)NC2=O)c1. The van der Waals surface area contributed by atoms with Gasteiger partial charge in [-0.05, 0) is 23.6 Å². The summed E-state index contributed by atoms with van der Waals surface area (Å²) in [7, 11) is 1.88. The van der Waals surface area contributed by atoms with Crippen LogP contribution < -0.4 is 15.5 Å². The number of hydrogen-bond acceptors (Lipinski definition) is 2. The Morgan fingerprint density at radius 2 is 2.11 bits per heavy atom. The van der Waals surface area contributed by atoms with Crippen LogP contribution in [0.4, 0.5) is 16.2 Å². The van der Waals surface area contributed by atoms with Gasteiger partial charge in [0.2, 0.25) is 0 Å². The number of rotatable bonds is 2. The summed E-state index contributed by atoms with van der Waals surface area (Å²) in [6, 6.07) is 8.07. The average molecular weight is 247 g/mol. The van der Waals surface area contributed by atoms with Crippen LogP contribution in [0.25, 0.3) is 0 Å². The minimum Gasteiger partial charge on any atom is -0.388 e. The van der Waals surface area contributed by atoms with E-state index in [4.69, 9.17) is 0 Å². The van der Waals surface area contributed by atoms with Gasteiger partial charge in [0.25, 0.3) is 0 Å². The lowest BCUT2D eigenvalue weighted by Gasteiger charge is -2.26. The van der Waals surface area contributed by atoms with E-state index < -0.39 is 0 Å². The summed E-state index contributed by atoms with van der Waals surface area (Å²) in [5.41, 5.74) is 2.02. The highest BCUT2D eigenvalue weighted by atomic mass is 16.2. The molecule has 1 aromatic carbocycles. The minimum atomic E-state index is -0.0109. The van der Waals surface area contributed by atoms with E-state index in [0.717, 1.165) is 17.9 Å². The number of nitrogens with one attached hydrogen (secondary N) is 2. The van der Waals surface area contributed by atoms with Gasteiger partial charge in [0.05, 0.1) is 6.04 Å². The van der Waals surface area contributed by atoms with Crippen LogP contribution in [0.3, 0.4) is 0 Å². The molecule has 98 valence electrons. The van der Waals surface area contributed by atoms with E-state index in [-0.39, 0.29) is 17.5 Å². The van der Waals surface area contributed by atoms with E-state index in [1.54, 1.807) is 4.90 Å². The van der Waals surface area contributed by atoms with E-state index in [0.29, 0.717) is 0 Å². The molecule has 1 aliphatic rings. The van der Waals surface area contributed by atoms with Crippen molar-refractivity contribution < 1.29 is 4.79 Å². The summed E-state index contributed by atoms with van der Waals surface area (Å²) in [6.07, 6.45) is 0. The van der Waals surface area contributed by atoms with Crippen LogP contribution in [0, 0.1) is 5.41 Å². The number of carbonyl (C=O) groups is 1. The Morgan fingerprint density at radius 3 is 2.67 bits per heavy atom. The highest BCUT2D eigenvalue weighted by Gasteiger charge is 2.36. The van der Waals surface area contributed by atoms with Crippen LogP contribution in [0.5, 0.6) is 0 Å². The topological polar surface area (TPSA) is 44.4 Å². The first kappa shape index (κ1) is 12.7. The molecule has 2 N–H and O–H groups in total. The predicted molar refractivity (Wildman–Crippen MR) is 75.1 cm³/mol. The summed E-state index contributed by atoms with van der Waals surface area (Å²) in [5, 5.41) is 6.14. The molecule has 0 radical (unpaired) electrons. The molecule has 0 bridgehead atoms. The highest BCUT2D eigenvalue weighted by molar-refractivity contribution is 5.95. The summed E-state index contributed by atoms with van der Waals surface area (Å²) in [4.78, 5) is 13.8. The van der Waals surface area contributed by atoms with Crippen LogP contribution >= 0.6 is 0 Å². The van der Waals surface area contributed by atoms with Gasteiger partial charge >= 0.3 is 6.03 Å². The van der Waals surface area contributed by atoms with Gasteiger partial charge < -0.3 is 10.6 Å². The molecule has 1 unspecified atom stereocenters. The zero-order valence-corrected chi connectivity index (χ0v) is 11.4. The Morgan fingerprint density at radius 1 is 1.39 bits per heavy atom. The summed E-state index contributed by atoms with van der Waals surface area (Å²) < 4.78 is 0. The minimum absolute atomic E-state index is 0.0109. The lowest BCUT2D eigenvalue weighted by Crippen LogP contribution is -2.38. The lowest BCUT2D eigenvalue weighted by molar-refractivity contribution is 0.243. The van der Waals surface area contributed by atoms with Gasteiger partial charge in [0.1, 0.15) is 0 Å². The maximum absolute atomic E-state index is 12.0. The van der Waals surface area contributed by atoms with Crippen molar-refractivity contribution in [3.05, 3.63) is 24.3 Å². The van der Waals surface area contributed by atoms with Crippen LogP contribution in [0.1, 0.15) is 20.8 Å². The number of nitrogens with zero attached hydrogens (tertiary/aromatic N) is 1. The predicted octanol–water partition coefficient (Wildman–Crippen LogP) is 2.67. The maximum atomic E-state index is 12.0. The molecular formula is C14H21N3O. The van der Waals surface area contributed by atoms with Crippen molar-refractivity contribution in [1.82, 2.24) is 5.32 Å². The number of hydrogen-bond donors (Lipinski definition) is 2. The van der Waals surface area contributed by atoms with Crippen molar-refractivity contribution in [2.75, 3.05) is 23.8 Å². The Bertz CT molecular complexity index is 451. The molecule has 0 aliphatic carbocycles. The van der Waals surface area contributed by atoms with Gasteiger partial charge in [0, 0.05) is 25.0 Å². The van der Waals surface area contributed by atoms with Gasteiger partial charge in [0.15, 0.2) is 0 Å². The van der Waals surface area contributed by atoms with Gasteiger partial charge in [-0.15, -0.1) is 0 Å². The van der Waals surface area contributed by atoms with Crippen molar-refractivity contribution >= 4 is 17.4 Å². The molecule has 1 atom stereocenters. The monoisotopic (exact) mass is 247 g/mol. The molecule has 0 saturated carbocycles. The van der Waals surface area contributed by atoms with E-state index >= 15 is 0 Å². The molecule has 0 aromatic heterocycles. The average Bonchev–Trinajstić information content (AvgIpc) is 2.71. The second-order valence-corrected chi connectivity index (χ2v) is 5.78. The first-order chi connectivity index (χ1) is 8.41. The molecular weight excluding hydrogens is 226 g/mol. The molecule has 1 aliphatic heterocycles. The molecule has 4 heteroatoms. The second-order valence-electron chi connectivity index (χ2n) is 5.78. The number of benzene rings is 1. The van der Waals surface area contributed by atoms with E-state index in [9.17, 15) is 4.79 Å². The molecule has 1 aromatic rings. The Kier molecular flexibility index (Phi) is 3.20. The molecule has 2 rings (SSSR count). The molecule has 1 heterocycles. The van der Waals surface area contributed by atoms with Crippen molar-refractivity contribution in [3.63, 3.8) is 0 Å². The first-order valence-corrected chi connectivity index (χ1v) is 6.27. The van der Waals surface area contributed by atoms with E-state index in [1.807, 2.05) is 31.3 Å². The van der Waals surface area contributed by atoms with Gasteiger partial charge in [-0.2, -0.15) is 0 Å². The normalized spacial score (nSPS) is 19.9. The fourth-order valence-corrected chi connectivity index (χ4v) is 2.08. The quantitative estimate of drug-likeness (QED) is 0.844. The van der Waals surface area contributed by atoms with Crippen molar-refractivity contribution in [3.8, 4) is 0 Å². The van der Waals surface area contributed by atoms with Crippen LogP contribution in [-0.2, 0) is 0 Å². The van der Waals surface area contributed by atoms with E-state index in [1.165, 1.54) is 0 Å². The zero-order chi connectivity index (χ0) is 13.3. The third-order valence-electron chi connectivity index (χ3n) is 3.40. The third kappa shape index (κ3) is 2.42. The molecule has 0 spiro atoms. The van der Waals surface area contributed by atoms with Crippen LogP contribution in [0.15, 0.2) is 24.3 Å². The van der Waals surface area contributed by atoms with Gasteiger partial charge in [-0.3, -0.25) is 4.90 Å². The lowest BCUT2D eigenvalue weighted by atomic mass is 9.87. The Hall–Kier alpha value is -1.71. The third-order valence-corrected chi connectivity index (χ3v) is 3.40. The standard InChI is InChI=1S/C14H21N3O/c1-14(2,3)12-9-17(13(18)16-12)11-7-5-6-10(8-11)15-4/h5-8,12,15H,9H2,1-4H3,(H,16,18). The van der Waals surface area contributed by atoms with Gasteiger partial charge in [-0.25, -0.2) is 4.79 Å². The largest absolute Gasteiger partial charge is 0.388 e. The molecule has 1 saturated heterocycles. The van der Waals surface area contributed by atoms with Crippen LogP contribution in [-0.4, -0.2) is 25.7 Å². The molecule has 2 amide bonds. The fourth-order valence-electron chi connectivity index (χ4n) is 2.08. The zero-order valence-electron chi connectivity index (χ0n) is 11.4. The fraction of sp³-hybridized carbons (Fsp3) is 0.500. The Balaban J connectivity index is 2.21. The first-order valence-electron chi connectivity index (χ1n) is 6.27. The number of amides is 2.